The lowest BCUT2D eigenvalue weighted by molar-refractivity contribution is 0.0563. The Bertz CT molecular complexity index is 1090. The fourth-order valence-corrected chi connectivity index (χ4v) is 3.86. The molecule has 3 heterocycles. The maximum atomic E-state index is 13.1. The van der Waals surface area contributed by atoms with Gasteiger partial charge in [-0.25, -0.2) is 9.78 Å². The minimum atomic E-state index is -0.528. The van der Waals surface area contributed by atoms with Crippen molar-refractivity contribution in [1.29, 1.82) is 0 Å². The van der Waals surface area contributed by atoms with Crippen LogP contribution in [0.2, 0.25) is 5.02 Å². The number of halogens is 1. The number of aryl methyl sites for hydroxylation is 1. The lowest BCUT2D eigenvalue weighted by Gasteiger charge is -2.33. The third-order valence-corrected chi connectivity index (χ3v) is 5.41. The highest BCUT2D eigenvalue weighted by molar-refractivity contribution is 6.31. The predicted molar refractivity (Wildman–Crippen MR) is 108 cm³/mol. The van der Waals surface area contributed by atoms with Crippen LogP contribution in [0.4, 0.5) is 0 Å². The molecule has 1 fully saturated rings. The number of aromatic nitrogens is 3. The Kier molecular flexibility index (Phi) is 5.49. The minimum Gasteiger partial charge on any atom is -0.443 e. The van der Waals surface area contributed by atoms with Crippen LogP contribution in [0, 0.1) is 6.92 Å². The second-order valence-corrected chi connectivity index (χ2v) is 7.60. The quantitative estimate of drug-likeness (QED) is 0.705. The second-order valence-electron chi connectivity index (χ2n) is 7.20. The van der Waals surface area contributed by atoms with Gasteiger partial charge in [0.1, 0.15) is 17.5 Å². The van der Waals surface area contributed by atoms with Crippen LogP contribution in [-0.4, -0.2) is 32.3 Å². The Morgan fingerprint density at radius 2 is 2.17 bits per heavy atom. The molecule has 8 heteroatoms. The van der Waals surface area contributed by atoms with Crippen molar-refractivity contribution >= 4 is 17.5 Å². The number of carbonyl (C=O) groups is 1. The summed E-state index contributed by atoms with van der Waals surface area (Å²) in [5.74, 6) is 0.910. The topological polar surface area (TPSA) is 92.1 Å². The van der Waals surface area contributed by atoms with Crippen molar-refractivity contribution in [2.45, 2.75) is 38.6 Å². The van der Waals surface area contributed by atoms with Crippen molar-refractivity contribution in [3.05, 3.63) is 80.6 Å². The lowest BCUT2D eigenvalue weighted by atomic mass is 10.0. The summed E-state index contributed by atoms with van der Waals surface area (Å²) < 4.78 is 5.99. The number of rotatable bonds is 4. The van der Waals surface area contributed by atoms with Crippen molar-refractivity contribution in [1.82, 2.24) is 19.9 Å². The first-order valence-corrected chi connectivity index (χ1v) is 9.96. The van der Waals surface area contributed by atoms with E-state index in [2.05, 4.69) is 15.0 Å². The summed E-state index contributed by atoms with van der Waals surface area (Å²) in [6.45, 7) is 2.29. The Morgan fingerprint density at radius 1 is 1.34 bits per heavy atom. The van der Waals surface area contributed by atoms with Crippen LogP contribution in [0.15, 0.2) is 45.7 Å². The van der Waals surface area contributed by atoms with Gasteiger partial charge in [-0.3, -0.25) is 4.79 Å². The van der Waals surface area contributed by atoms with Gasteiger partial charge in [0.2, 0.25) is 5.89 Å². The first kappa shape index (κ1) is 19.4. The van der Waals surface area contributed by atoms with E-state index in [-0.39, 0.29) is 17.6 Å². The molecular formula is C21H21ClN4O3. The maximum absolute atomic E-state index is 13.1. The van der Waals surface area contributed by atoms with Gasteiger partial charge in [0.05, 0.1) is 6.20 Å². The summed E-state index contributed by atoms with van der Waals surface area (Å²) >= 11 is 6.24. The highest BCUT2D eigenvalue weighted by Crippen LogP contribution is 2.32. The smallest absolute Gasteiger partial charge is 0.345 e. The molecule has 1 N–H and O–H groups in total. The molecule has 1 aromatic carbocycles. The molecule has 1 amide bonds. The van der Waals surface area contributed by atoms with E-state index >= 15 is 0 Å². The summed E-state index contributed by atoms with van der Waals surface area (Å²) in [7, 11) is 0. The molecule has 1 aliphatic rings. The molecule has 0 spiro atoms. The summed E-state index contributed by atoms with van der Waals surface area (Å²) in [6, 6.07) is 8.91. The Hall–Kier alpha value is -2.93. The molecule has 0 unspecified atom stereocenters. The normalized spacial score (nSPS) is 16.8. The highest BCUT2D eigenvalue weighted by Gasteiger charge is 2.32. The van der Waals surface area contributed by atoms with Gasteiger partial charge in [-0.1, -0.05) is 29.8 Å². The van der Waals surface area contributed by atoms with Crippen molar-refractivity contribution in [2.75, 3.05) is 6.54 Å². The third-order valence-electron chi connectivity index (χ3n) is 5.04. The number of hydrogen-bond acceptors (Lipinski definition) is 5. The van der Waals surface area contributed by atoms with Gasteiger partial charge in [0.25, 0.3) is 5.91 Å². The van der Waals surface area contributed by atoms with Gasteiger partial charge >= 0.3 is 5.69 Å². The largest absolute Gasteiger partial charge is 0.443 e. The van der Waals surface area contributed by atoms with Crippen LogP contribution >= 0.6 is 11.6 Å². The molecule has 29 heavy (non-hydrogen) atoms. The van der Waals surface area contributed by atoms with E-state index in [0.29, 0.717) is 35.3 Å². The van der Waals surface area contributed by atoms with E-state index in [4.69, 9.17) is 16.0 Å². The molecule has 1 aliphatic heterocycles. The summed E-state index contributed by atoms with van der Waals surface area (Å²) in [6.07, 6.45) is 4.82. The number of hydrogen-bond donors (Lipinski definition) is 1. The fourth-order valence-electron chi connectivity index (χ4n) is 3.66. The molecule has 4 rings (SSSR count). The van der Waals surface area contributed by atoms with Crippen LogP contribution in [0.1, 0.15) is 58.7 Å². The maximum Gasteiger partial charge on any atom is 0.345 e. The van der Waals surface area contributed by atoms with Gasteiger partial charge in [0.15, 0.2) is 0 Å². The number of carbonyl (C=O) groups excluding carboxylic acids is 1. The summed E-state index contributed by atoms with van der Waals surface area (Å²) in [4.78, 5) is 37.3. The fraction of sp³-hybridized carbons (Fsp3) is 0.333. The van der Waals surface area contributed by atoms with Crippen LogP contribution < -0.4 is 5.69 Å². The summed E-state index contributed by atoms with van der Waals surface area (Å²) in [5, 5.41) is 0.677. The number of aromatic amines is 1. The first-order valence-electron chi connectivity index (χ1n) is 9.58. The van der Waals surface area contributed by atoms with Gasteiger partial charge in [-0.15, -0.1) is 0 Å². The van der Waals surface area contributed by atoms with Crippen molar-refractivity contribution in [3.63, 3.8) is 0 Å². The second kappa shape index (κ2) is 8.21. The first-order chi connectivity index (χ1) is 14.0. The zero-order valence-electron chi connectivity index (χ0n) is 16.0. The average molecular weight is 413 g/mol. The molecule has 3 aromatic rings. The van der Waals surface area contributed by atoms with Crippen LogP contribution in [-0.2, 0) is 6.42 Å². The molecule has 150 valence electrons. The van der Waals surface area contributed by atoms with Gasteiger partial charge in [-0.05, 0) is 43.9 Å². The van der Waals surface area contributed by atoms with E-state index in [1.165, 1.54) is 0 Å². The SMILES string of the molecule is Cc1cc(C(=O)N2CCCC[C@H]2c2ncc(Cc3ccccc3Cl)o2)nc(=O)[nH]1. The zero-order valence-corrected chi connectivity index (χ0v) is 16.8. The molecule has 2 aromatic heterocycles. The number of benzene rings is 1. The number of likely N-dealkylation sites (tertiary alicyclic amines) is 1. The standard InChI is InChI=1S/C21H21ClN4O3/c1-13-10-17(25-21(28)24-13)20(27)26-9-5-4-8-18(26)19-23-12-15(29-19)11-14-6-2-3-7-16(14)22/h2-3,6-7,10,12,18H,4-5,8-9,11H2,1H3,(H,24,25,28)/t18-/m0/s1. The highest BCUT2D eigenvalue weighted by atomic mass is 35.5. The van der Waals surface area contributed by atoms with Gasteiger partial charge in [-0.2, -0.15) is 4.98 Å². The molecule has 7 nitrogen and oxygen atoms in total. The Morgan fingerprint density at radius 3 is 2.97 bits per heavy atom. The summed E-state index contributed by atoms with van der Waals surface area (Å²) in [5.41, 5.74) is 1.16. The van der Waals surface area contributed by atoms with E-state index in [0.717, 1.165) is 24.8 Å². The van der Waals surface area contributed by atoms with E-state index in [9.17, 15) is 9.59 Å². The van der Waals surface area contributed by atoms with Crippen molar-refractivity contribution in [3.8, 4) is 0 Å². The van der Waals surface area contributed by atoms with Crippen LogP contribution in [0.3, 0.4) is 0 Å². The van der Waals surface area contributed by atoms with Crippen LogP contribution in [0.5, 0.6) is 0 Å². The lowest BCUT2D eigenvalue weighted by Crippen LogP contribution is -2.39. The number of oxazole rings is 1. The molecule has 0 saturated carbocycles. The molecule has 0 aliphatic carbocycles. The Labute approximate surface area is 172 Å². The monoisotopic (exact) mass is 412 g/mol. The third kappa shape index (κ3) is 4.24. The van der Waals surface area contributed by atoms with Gasteiger partial charge in [0, 0.05) is 23.7 Å². The minimum absolute atomic E-state index is 0.140. The van der Waals surface area contributed by atoms with Crippen molar-refractivity contribution < 1.29 is 9.21 Å². The van der Waals surface area contributed by atoms with E-state index < -0.39 is 5.69 Å². The number of nitrogens with one attached hydrogen (secondary N) is 1. The molecular weight excluding hydrogens is 392 g/mol. The van der Waals surface area contributed by atoms with Crippen molar-refractivity contribution in [2.24, 2.45) is 0 Å². The number of nitrogens with zero attached hydrogens (tertiary/aromatic N) is 3. The van der Waals surface area contributed by atoms with E-state index in [1.807, 2.05) is 24.3 Å². The number of amides is 1. The molecule has 1 saturated heterocycles. The average Bonchev–Trinajstić information content (AvgIpc) is 3.17. The predicted octanol–water partition coefficient (Wildman–Crippen LogP) is 3.68. The zero-order chi connectivity index (χ0) is 20.4. The van der Waals surface area contributed by atoms with Gasteiger partial charge < -0.3 is 14.3 Å². The number of H-pyrrole nitrogens is 1. The molecule has 0 radical (unpaired) electrons. The molecule has 1 atom stereocenters. The Balaban J connectivity index is 1.58. The number of piperidine rings is 1. The van der Waals surface area contributed by atoms with E-state index in [1.54, 1.807) is 24.1 Å². The molecule has 0 bridgehead atoms. The van der Waals surface area contributed by atoms with Crippen LogP contribution in [0.25, 0.3) is 0 Å².